The number of hydrogen-bond donors (Lipinski definition) is 1. The molecule has 3 rings (SSSR count). The first-order valence-corrected chi connectivity index (χ1v) is 6.35. The monoisotopic (exact) mass is 244 g/mol. The molecule has 0 bridgehead atoms. The van der Waals surface area contributed by atoms with E-state index in [4.69, 9.17) is 4.52 Å². The van der Waals surface area contributed by atoms with Crippen molar-refractivity contribution in [3.63, 3.8) is 0 Å². The highest BCUT2D eigenvalue weighted by Gasteiger charge is 2.17. The number of pyridine rings is 1. The van der Waals surface area contributed by atoms with Gasteiger partial charge in [0.05, 0.1) is 0 Å². The van der Waals surface area contributed by atoms with Gasteiger partial charge < -0.3 is 9.84 Å². The Morgan fingerprint density at radius 3 is 3.00 bits per heavy atom. The van der Waals surface area contributed by atoms with Gasteiger partial charge in [-0.2, -0.15) is 4.98 Å². The highest BCUT2D eigenvalue weighted by atomic mass is 16.5. The maximum absolute atomic E-state index is 5.28. The van der Waals surface area contributed by atoms with Crippen molar-refractivity contribution in [3.8, 4) is 11.5 Å². The molecule has 5 nitrogen and oxygen atoms in total. The van der Waals surface area contributed by atoms with Gasteiger partial charge in [-0.25, -0.2) is 0 Å². The fourth-order valence-corrected chi connectivity index (χ4v) is 2.31. The van der Waals surface area contributed by atoms with Crippen LogP contribution in [0.5, 0.6) is 0 Å². The molecule has 1 saturated heterocycles. The molecule has 2 aromatic rings. The summed E-state index contributed by atoms with van der Waals surface area (Å²) in [6.07, 6.45) is 6.82. The molecular formula is C13H16N4O. The SMILES string of the molecule is c1cc(-c2nc(C[C@@H]3CCCNC3)no2)ccn1. The molecule has 5 heteroatoms. The van der Waals surface area contributed by atoms with Crippen LogP contribution in [0.3, 0.4) is 0 Å². The Bertz CT molecular complexity index is 491. The molecule has 0 spiro atoms. The fraction of sp³-hybridized carbons (Fsp3) is 0.462. The van der Waals surface area contributed by atoms with E-state index in [1.54, 1.807) is 12.4 Å². The zero-order chi connectivity index (χ0) is 12.2. The molecule has 1 aliphatic rings. The molecule has 3 heterocycles. The number of rotatable bonds is 3. The Balaban J connectivity index is 1.69. The van der Waals surface area contributed by atoms with E-state index >= 15 is 0 Å². The lowest BCUT2D eigenvalue weighted by Gasteiger charge is -2.20. The summed E-state index contributed by atoms with van der Waals surface area (Å²) in [4.78, 5) is 8.41. The zero-order valence-corrected chi connectivity index (χ0v) is 10.2. The summed E-state index contributed by atoms with van der Waals surface area (Å²) in [5.41, 5.74) is 0.922. The first kappa shape index (κ1) is 11.3. The minimum absolute atomic E-state index is 0.580. The third-order valence-corrected chi connectivity index (χ3v) is 3.27. The molecular weight excluding hydrogens is 228 g/mol. The Morgan fingerprint density at radius 2 is 2.22 bits per heavy atom. The first-order chi connectivity index (χ1) is 8.92. The van der Waals surface area contributed by atoms with Crippen LogP contribution in [-0.4, -0.2) is 28.2 Å². The van der Waals surface area contributed by atoms with Gasteiger partial charge in [0.1, 0.15) is 0 Å². The number of nitrogens with zero attached hydrogens (tertiary/aromatic N) is 3. The van der Waals surface area contributed by atoms with Crippen LogP contribution >= 0.6 is 0 Å². The highest BCUT2D eigenvalue weighted by Crippen LogP contribution is 2.19. The number of hydrogen-bond acceptors (Lipinski definition) is 5. The van der Waals surface area contributed by atoms with Gasteiger partial charge in [0.15, 0.2) is 5.82 Å². The lowest BCUT2D eigenvalue weighted by molar-refractivity contribution is 0.360. The van der Waals surface area contributed by atoms with Gasteiger partial charge in [-0.15, -0.1) is 0 Å². The van der Waals surface area contributed by atoms with Crippen molar-refractivity contribution in [2.45, 2.75) is 19.3 Å². The zero-order valence-electron chi connectivity index (χ0n) is 10.2. The summed E-state index contributed by atoms with van der Waals surface area (Å²) in [5, 5.41) is 7.45. The first-order valence-electron chi connectivity index (χ1n) is 6.35. The Kier molecular flexibility index (Phi) is 3.32. The predicted molar refractivity (Wildman–Crippen MR) is 66.8 cm³/mol. The summed E-state index contributed by atoms with van der Waals surface area (Å²) < 4.78 is 5.28. The standard InChI is InChI=1S/C13H16N4O/c1-2-10(9-15-5-1)8-12-16-13(18-17-12)11-3-6-14-7-4-11/h3-4,6-7,10,15H,1-2,5,8-9H2/t10-/m0/s1. The van der Waals surface area contributed by atoms with E-state index in [0.717, 1.165) is 30.9 Å². The summed E-state index contributed by atoms with van der Waals surface area (Å²) in [5.74, 6) is 2.01. The van der Waals surface area contributed by atoms with E-state index in [1.807, 2.05) is 12.1 Å². The fourth-order valence-electron chi connectivity index (χ4n) is 2.31. The van der Waals surface area contributed by atoms with Crippen molar-refractivity contribution >= 4 is 0 Å². The minimum Gasteiger partial charge on any atom is -0.334 e. The van der Waals surface area contributed by atoms with Crippen LogP contribution in [0.25, 0.3) is 11.5 Å². The van der Waals surface area contributed by atoms with Gasteiger partial charge in [0.25, 0.3) is 5.89 Å². The molecule has 0 saturated carbocycles. The molecule has 0 aromatic carbocycles. The van der Waals surface area contributed by atoms with Crippen LogP contribution in [0.15, 0.2) is 29.0 Å². The average Bonchev–Trinajstić information content (AvgIpc) is 2.89. The number of aromatic nitrogens is 3. The minimum atomic E-state index is 0.580. The maximum Gasteiger partial charge on any atom is 0.258 e. The Hall–Kier alpha value is -1.75. The molecule has 1 fully saturated rings. The number of piperidine rings is 1. The largest absolute Gasteiger partial charge is 0.334 e. The van der Waals surface area contributed by atoms with E-state index in [0.29, 0.717) is 11.8 Å². The normalized spacial score (nSPS) is 19.9. The average molecular weight is 244 g/mol. The predicted octanol–water partition coefficient (Wildman–Crippen LogP) is 1.67. The lowest BCUT2D eigenvalue weighted by Crippen LogP contribution is -2.31. The van der Waals surface area contributed by atoms with E-state index in [1.165, 1.54) is 12.8 Å². The van der Waals surface area contributed by atoms with Crippen LogP contribution < -0.4 is 5.32 Å². The van der Waals surface area contributed by atoms with Gasteiger partial charge in [-0.05, 0) is 44.0 Å². The van der Waals surface area contributed by atoms with Gasteiger partial charge in [-0.1, -0.05) is 5.16 Å². The van der Waals surface area contributed by atoms with Crippen molar-refractivity contribution in [3.05, 3.63) is 30.4 Å². The highest BCUT2D eigenvalue weighted by molar-refractivity contribution is 5.50. The van der Waals surface area contributed by atoms with E-state index < -0.39 is 0 Å². The van der Waals surface area contributed by atoms with Gasteiger partial charge in [0.2, 0.25) is 0 Å². The molecule has 0 radical (unpaired) electrons. The van der Waals surface area contributed by atoms with Gasteiger partial charge in [-0.3, -0.25) is 4.98 Å². The summed E-state index contributed by atoms with van der Waals surface area (Å²) >= 11 is 0. The molecule has 1 aliphatic heterocycles. The van der Waals surface area contributed by atoms with E-state index in [2.05, 4.69) is 20.4 Å². The molecule has 0 amide bonds. The second-order valence-corrected chi connectivity index (χ2v) is 4.67. The second kappa shape index (κ2) is 5.27. The third kappa shape index (κ3) is 2.56. The van der Waals surface area contributed by atoms with Gasteiger partial charge in [0, 0.05) is 24.4 Å². The van der Waals surface area contributed by atoms with Crippen LogP contribution in [-0.2, 0) is 6.42 Å². The van der Waals surface area contributed by atoms with Crippen LogP contribution in [0.4, 0.5) is 0 Å². The Labute approximate surface area is 106 Å². The van der Waals surface area contributed by atoms with Crippen molar-refractivity contribution in [2.75, 3.05) is 13.1 Å². The molecule has 1 N–H and O–H groups in total. The smallest absolute Gasteiger partial charge is 0.258 e. The molecule has 94 valence electrons. The van der Waals surface area contributed by atoms with Crippen LogP contribution in [0, 0.1) is 5.92 Å². The molecule has 1 atom stereocenters. The maximum atomic E-state index is 5.28. The van der Waals surface area contributed by atoms with Crippen LogP contribution in [0.2, 0.25) is 0 Å². The third-order valence-electron chi connectivity index (χ3n) is 3.27. The quantitative estimate of drug-likeness (QED) is 0.889. The topological polar surface area (TPSA) is 63.8 Å². The van der Waals surface area contributed by atoms with Gasteiger partial charge >= 0.3 is 0 Å². The van der Waals surface area contributed by atoms with Crippen LogP contribution in [0.1, 0.15) is 18.7 Å². The molecule has 0 unspecified atom stereocenters. The van der Waals surface area contributed by atoms with Crippen molar-refractivity contribution in [1.29, 1.82) is 0 Å². The van der Waals surface area contributed by atoms with Crippen molar-refractivity contribution in [2.24, 2.45) is 5.92 Å². The lowest BCUT2D eigenvalue weighted by atomic mass is 9.96. The van der Waals surface area contributed by atoms with E-state index in [-0.39, 0.29) is 0 Å². The summed E-state index contributed by atoms with van der Waals surface area (Å²) in [7, 11) is 0. The number of nitrogens with one attached hydrogen (secondary N) is 1. The Morgan fingerprint density at radius 1 is 1.33 bits per heavy atom. The van der Waals surface area contributed by atoms with E-state index in [9.17, 15) is 0 Å². The molecule has 18 heavy (non-hydrogen) atoms. The molecule has 0 aliphatic carbocycles. The second-order valence-electron chi connectivity index (χ2n) is 4.67. The summed E-state index contributed by atoms with van der Waals surface area (Å²) in [6, 6.07) is 3.75. The van der Waals surface area contributed by atoms with Crippen molar-refractivity contribution < 1.29 is 4.52 Å². The van der Waals surface area contributed by atoms with Crippen molar-refractivity contribution in [1.82, 2.24) is 20.4 Å². The summed E-state index contributed by atoms with van der Waals surface area (Å²) in [6.45, 7) is 2.18. The molecule has 2 aromatic heterocycles.